The van der Waals surface area contributed by atoms with Gasteiger partial charge in [0.1, 0.15) is 0 Å². The zero-order valence-electron chi connectivity index (χ0n) is 8.15. The fourth-order valence-corrected chi connectivity index (χ4v) is 1.72. The van der Waals surface area contributed by atoms with Gasteiger partial charge in [-0.25, -0.2) is 9.99 Å². The molecule has 0 radical (unpaired) electrons. The van der Waals surface area contributed by atoms with Gasteiger partial charge in [-0.05, 0) is 0 Å². The molecule has 1 heterocycles. The van der Waals surface area contributed by atoms with Crippen molar-refractivity contribution in [2.24, 2.45) is 0 Å². The summed E-state index contributed by atoms with van der Waals surface area (Å²) < 4.78 is 0. The van der Waals surface area contributed by atoms with E-state index in [1.807, 2.05) is 19.5 Å². The number of carboxylic acids is 1. The van der Waals surface area contributed by atoms with Crippen molar-refractivity contribution in [1.82, 2.24) is 9.99 Å². The van der Waals surface area contributed by atoms with Crippen LogP contribution < -0.4 is 5.43 Å². The number of hydrogen-bond donors (Lipinski definition) is 2. The SMILES string of the molecule is CN(C)Nc1nc(CCC(=O)O)cs1. The molecule has 14 heavy (non-hydrogen) atoms. The summed E-state index contributed by atoms with van der Waals surface area (Å²) in [6.45, 7) is 0. The second kappa shape index (κ2) is 4.92. The van der Waals surface area contributed by atoms with Crippen LogP contribution >= 0.6 is 11.3 Å². The first-order chi connectivity index (χ1) is 6.58. The van der Waals surface area contributed by atoms with Gasteiger partial charge in [-0.15, -0.1) is 11.3 Å². The number of carbonyl (C=O) groups is 1. The van der Waals surface area contributed by atoms with E-state index in [2.05, 4.69) is 10.4 Å². The number of thiazole rings is 1. The summed E-state index contributed by atoms with van der Waals surface area (Å²) in [5.41, 5.74) is 3.83. The monoisotopic (exact) mass is 215 g/mol. The normalized spacial score (nSPS) is 10.5. The predicted octanol–water partition coefficient (Wildman–Crippen LogP) is 1.05. The van der Waals surface area contributed by atoms with E-state index < -0.39 is 5.97 Å². The van der Waals surface area contributed by atoms with E-state index in [0.29, 0.717) is 6.42 Å². The third-order valence-corrected chi connectivity index (χ3v) is 2.26. The zero-order chi connectivity index (χ0) is 10.6. The van der Waals surface area contributed by atoms with Gasteiger partial charge in [0.05, 0.1) is 12.1 Å². The van der Waals surface area contributed by atoms with Crippen LogP contribution in [0.3, 0.4) is 0 Å². The minimum Gasteiger partial charge on any atom is -0.481 e. The summed E-state index contributed by atoms with van der Waals surface area (Å²) in [6.07, 6.45) is 0.617. The quantitative estimate of drug-likeness (QED) is 0.719. The molecule has 0 saturated carbocycles. The maximum absolute atomic E-state index is 10.3. The number of anilines is 1. The number of nitrogens with zero attached hydrogens (tertiary/aromatic N) is 2. The summed E-state index contributed by atoms with van der Waals surface area (Å²) in [4.78, 5) is 14.5. The van der Waals surface area contributed by atoms with E-state index >= 15 is 0 Å². The van der Waals surface area contributed by atoms with Crippen molar-refractivity contribution in [1.29, 1.82) is 0 Å². The number of rotatable bonds is 5. The van der Waals surface area contributed by atoms with Crippen LogP contribution in [0.25, 0.3) is 0 Å². The summed E-state index contributed by atoms with van der Waals surface area (Å²) >= 11 is 1.47. The van der Waals surface area contributed by atoms with E-state index in [0.717, 1.165) is 10.8 Å². The van der Waals surface area contributed by atoms with Crippen molar-refractivity contribution in [3.8, 4) is 0 Å². The first-order valence-corrected chi connectivity index (χ1v) is 5.06. The molecule has 0 amide bonds. The van der Waals surface area contributed by atoms with E-state index in [4.69, 9.17) is 5.11 Å². The maximum atomic E-state index is 10.3. The van der Waals surface area contributed by atoms with Crippen LogP contribution in [0.1, 0.15) is 12.1 Å². The molecule has 5 nitrogen and oxygen atoms in total. The second-order valence-electron chi connectivity index (χ2n) is 3.04. The molecule has 0 aliphatic rings. The van der Waals surface area contributed by atoms with Gasteiger partial charge < -0.3 is 5.11 Å². The highest BCUT2D eigenvalue weighted by Crippen LogP contribution is 2.16. The average Bonchev–Trinajstić information content (AvgIpc) is 2.47. The minimum absolute atomic E-state index is 0.130. The lowest BCUT2D eigenvalue weighted by Crippen LogP contribution is -2.19. The molecule has 1 rings (SSSR count). The molecule has 0 atom stereocenters. The Balaban J connectivity index is 2.46. The van der Waals surface area contributed by atoms with Gasteiger partial charge >= 0.3 is 5.97 Å². The molecule has 0 fully saturated rings. The minimum atomic E-state index is -0.792. The Morgan fingerprint density at radius 2 is 2.43 bits per heavy atom. The van der Waals surface area contributed by atoms with Gasteiger partial charge in [0.2, 0.25) is 0 Å². The fraction of sp³-hybridized carbons (Fsp3) is 0.500. The number of hydrogen-bond acceptors (Lipinski definition) is 5. The number of carboxylic acid groups (broad SMARTS) is 1. The molecule has 1 aromatic heterocycles. The molecule has 1 aromatic rings. The Bertz CT molecular complexity index is 311. The summed E-state index contributed by atoms with van der Waals surface area (Å²) in [6, 6.07) is 0. The summed E-state index contributed by atoms with van der Waals surface area (Å²) in [7, 11) is 3.75. The Kier molecular flexibility index (Phi) is 3.84. The van der Waals surface area contributed by atoms with E-state index in [9.17, 15) is 4.79 Å². The largest absolute Gasteiger partial charge is 0.481 e. The van der Waals surface area contributed by atoms with E-state index in [-0.39, 0.29) is 6.42 Å². The van der Waals surface area contributed by atoms with Gasteiger partial charge in [0.25, 0.3) is 0 Å². The molecule has 78 valence electrons. The number of nitrogens with one attached hydrogen (secondary N) is 1. The van der Waals surface area contributed by atoms with Gasteiger partial charge in [-0.2, -0.15) is 0 Å². The lowest BCUT2D eigenvalue weighted by atomic mass is 10.3. The standard InChI is InChI=1S/C8H13N3O2S/c1-11(2)10-8-9-6(5-14-8)3-4-7(12)13/h5H,3-4H2,1-2H3,(H,9,10)(H,12,13). The van der Waals surface area contributed by atoms with Crippen LogP contribution in [0.2, 0.25) is 0 Å². The van der Waals surface area contributed by atoms with Crippen LogP contribution in [0.15, 0.2) is 5.38 Å². The van der Waals surface area contributed by atoms with Crippen LogP contribution in [0.4, 0.5) is 5.13 Å². The van der Waals surface area contributed by atoms with Crippen molar-refractivity contribution >= 4 is 22.4 Å². The van der Waals surface area contributed by atoms with Crippen LogP contribution in [0, 0.1) is 0 Å². The highest BCUT2D eigenvalue weighted by atomic mass is 32.1. The van der Waals surface area contributed by atoms with E-state index in [1.54, 1.807) is 5.01 Å². The molecular weight excluding hydrogens is 202 g/mol. The highest BCUT2D eigenvalue weighted by Gasteiger charge is 2.04. The Hall–Kier alpha value is -1.14. The first-order valence-electron chi connectivity index (χ1n) is 4.18. The first kappa shape index (κ1) is 10.9. The van der Waals surface area contributed by atoms with Crippen LogP contribution in [-0.2, 0) is 11.2 Å². The summed E-state index contributed by atoms with van der Waals surface area (Å²) in [5.74, 6) is -0.792. The average molecular weight is 215 g/mol. The molecule has 0 spiro atoms. The van der Waals surface area contributed by atoms with Crippen LogP contribution in [0.5, 0.6) is 0 Å². The second-order valence-corrected chi connectivity index (χ2v) is 3.90. The lowest BCUT2D eigenvalue weighted by molar-refractivity contribution is -0.136. The highest BCUT2D eigenvalue weighted by molar-refractivity contribution is 7.13. The van der Waals surface area contributed by atoms with Gasteiger partial charge in [0, 0.05) is 25.9 Å². The van der Waals surface area contributed by atoms with Gasteiger partial charge in [-0.3, -0.25) is 10.2 Å². The Morgan fingerprint density at radius 1 is 1.71 bits per heavy atom. The molecule has 6 heteroatoms. The molecule has 0 bridgehead atoms. The number of aryl methyl sites for hydroxylation is 1. The number of hydrazine groups is 1. The number of aromatic nitrogens is 1. The van der Waals surface area contributed by atoms with Crippen molar-refractivity contribution in [2.75, 3.05) is 19.5 Å². The maximum Gasteiger partial charge on any atom is 0.303 e. The van der Waals surface area contributed by atoms with Gasteiger partial charge in [-0.1, -0.05) is 0 Å². The van der Waals surface area contributed by atoms with Crippen LogP contribution in [-0.4, -0.2) is 35.2 Å². The third-order valence-electron chi connectivity index (χ3n) is 1.47. The van der Waals surface area contributed by atoms with Crippen molar-refractivity contribution < 1.29 is 9.90 Å². The van der Waals surface area contributed by atoms with E-state index in [1.165, 1.54) is 11.3 Å². The lowest BCUT2D eigenvalue weighted by Gasteiger charge is -2.08. The zero-order valence-corrected chi connectivity index (χ0v) is 8.97. The molecule has 2 N–H and O–H groups in total. The smallest absolute Gasteiger partial charge is 0.303 e. The van der Waals surface area contributed by atoms with Crippen molar-refractivity contribution in [3.63, 3.8) is 0 Å². The Morgan fingerprint density at radius 3 is 3.00 bits per heavy atom. The van der Waals surface area contributed by atoms with Crippen molar-refractivity contribution in [2.45, 2.75) is 12.8 Å². The van der Waals surface area contributed by atoms with Crippen molar-refractivity contribution in [3.05, 3.63) is 11.1 Å². The molecule has 0 saturated heterocycles. The van der Waals surface area contributed by atoms with Gasteiger partial charge in [0.15, 0.2) is 5.13 Å². The number of aliphatic carboxylic acids is 1. The molecule has 0 aliphatic carbocycles. The molecule has 0 aliphatic heterocycles. The predicted molar refractivity (Wildman–Crippen MR) is 55.4 cm³/mol. The molecule has 0 aromatic carbocycles. The topological polar surface area (TPSA) is 65.5 Å². The Labute approximate surface area is 86.4 Å². The summed E-state index contributed by atoms with van der Waals surface area (Å²) in [5, 5.41) is 12.9. The molecular formula is C8H13N3O2S. The third kappa shape index (κ3) is 3.71. The molecule has 0 unspecified atom stereocenters. The fourth-order valence-electron chi connectivity index (χ4n) is 0.899.